The molecule has 0 fully saturated rings. The molecule has 7 heteroatoms. The maximum Gasteiger partial charge on any atom is 0.321 e. The zero-order valence-corrected chi connectivity index (χ0v) is 12.6. The van der Waals surface area contributed by atoms with Gasteiger partial charge in [0.1, 0.15) is 6.07 Å². The van der Waals surface area contributed by atoms with E-state index in [2.05, 4.69) is 21.2 Å². The fourth-order valence-corrected chi connectivity index (χ4v) is 1.86. The molecule has 0 aliphatic carbocycles. The molecule has 1 aromatic carbocycles. The van der Waals surface area contributed by atoms with Gasteiger partial charge in [-0.05, 0) is 18.2 Å². The van der Waals surface area contributed by atoms with Gasteiger partial charge in [0.15, 0.2) is 0 Å². The molecule has 20 heavy (non-hydrogen) atoms. The fraction of sp³-hybridized carbons (Fsp3) is 0.308. The average Bonchev–Trinajstić information content (AvgIpc) is 2.38. The van der Waals surface area contributed by atoms with E-state index in [0.29, 0.717) is 11.3 Å². The summed E-state index contributed by atoms with van der Waals surface area (Å²) in [4.78, 5) is 24.0. The standard InChI is InChI=1S/C13H14BrN3O3/c1-8(12(18)19)7-17(2)13(20)16-11-5-10(14)4-3-9(11)6-15/h3-5,8H,7H2,1-2H3,(H,16,20)(H,18,19). The van der Waals surface area contributed by atoms with Gasteiger partial charge < -0.3 is 15.3 Å². The summed E-state index contributed by atoms with van der Waals surface area (Å²) in [5.41, 5.74) is 0.711. The number of benzene rings is 1. The van der Waals surface area contributed by atoms with Crippen LogP contribution in [0.3, 0.4) is 0 Å². The molecule has 0 saturated carbocycles. The summed E-state index contributed by atoms with van der Waals surface area (Å²) < 4.78 is 0.730. The number of halogens is 1. The van der Waals surface area contributed by atoms with Crippen molar-refractivity contribution in [1.29, 1.82) is 5.26 Å². The lowest BCUT2D eigenvalue weighted by atomic mass is 10.2. The number of anilines is 1. The first kappa shape index (κ1) is 16.0. The number of carboxylic acid groups (broad SMARTS) is 1. The molecule has 0 bridgehead atoms. The first-order valence-electron chi connectivity index (χ1n) is 5.79. The quantitative estimate of drug-likeness (QED) is 0.881. The summed E-state index contributed by atoms with van der Waals surface area (Å²) in [7, 11) is 1.50. The monoisotopic (exact) mass is 339 g/mol. The Morgan fingerprint density at radius 3 is 2.75 bits per heavy atom. The predicted molar refractivity (Wildman–Crippen MR) is 77.3 cm³/mol. The molecule has 1 atom stereocenters. The minimum atomic E-state index is -0.968. The third-order valence-corrected chi connectivity index (χ3v) is 3.15. The second kappa shape index (κ2) is 6.91. The Bertz CT molecular complexity index is 568. The van der Waals surface area contributed by atoms with Gasteiger partial charge in [-0.1, -0.05) is 22.9 Å². The SMILES string of the molecule is CC(CN(C)C(=O)Nc1cc(Br)ccc1C#N)C(=O)O. The smallest absolute Gasteiger partial charge is 0.321 e. The summed E-state index contributed by atoms with van der Waals surface area (Å²) in [6.45, 7) is 1.60. The molecule has 0 aliphatic heterocycles. The Balaban J connectivity index is 2.78. The van der Waals surface area contributed by atoms with Crippen molar-refractivity contribution < 1.29 is 14.7 Å². The van der Waals surface area contributed by atoms with E-state index in [4.69, 9.17) is 10.4 Å². The van der Waals surface area contributed by atoms with Gasteiger partial charge in [-0.25, -0.2) is 4.79 Å². The van der Waals surface area contributed by atoms with E-state index in [1.54, 1.807) is 18.2 Å². The second-order valence-electron chi connectivity index (χ2n) is 4.35. The van der Waals surface area contributed by atoms with E-state index in [0.717, 1.165) is 4.47 Å². The fourth-order valence-electron chi connectivity index (χ4n) is 1.50. The molecule has 0 saturated heterocycles. The normalized spacial score (nSPS) is 11.3. The number of aliphatic carboxylic acids is 1. The number of nitrogens with one attached hydrogen (secondary N) is 1. The van der Waals surface area contributed by atoms with E-state index in [1.165, 1.54) is 18.9 Å². The third kappa shape index (κ3) is 4.24. The molecule has 1 aromatic rings. The highest BCUT2D eigenvalue weighted by molar-refractivity contribution is 9.10. The topological polar surface area (TPSA) is 93.4 Å². The van der Waals surface area contributed by atoms with Crippen LogP contribution in [0.4, 0.5) is 10.5 Å². The Morgan fingerprint density at radius 2 is 2.20 bits per heavy atom. The molecular weight excluding hydrogens is 326 g/mol. The van der Waals surface area contributed by atoms with Gasteiger partial charge >= 0.3 is 12.0 Å². The molecule has 2 N–H and O–H groups in total. The highest BCUT2D eigenvalue weighted by atomic mass is 79.9. The van der Waals surface area contributed by atoms with Crippen LogP contribution in [0.1, 0.15) is 12.5 Å². The first-order valence-corrected chi connectivity index (χ1v) is 6.59. The molecule has 1 rings (SSSR count). The zero-order chi connectivity index (χ0) is 15.3. The van der Waals surface area contributed by atoms with Gasteiger partial charge in [-0.3, -0.25) is 4.79 Å². The number of carbonyl (C=O) groups excluding carboxylic acids is 1. The zero-order valence-electron chi connectivity index (χ0n) is 11.1. The van der Waals surface area contributed by atoms with Gasteiger partial charge in [0, 0.05) is 18.1 Å². The second-order valence-corrected chi connectivity index (χ2v) is 5.27. The summed E-state index contributed by atoms with van der Waals surface area (Å²) >= 11 is 3.26. The van der Waals surface area contributed by atoms with Crippen molar-refractivity contribution in [2.45, 2.75) is 6.92 Å². The maximum atomic E-state index is 11.9. The van der Waals surface area contributed by atoms with Crippen LogP contribution in [-0.4, -0.2) is 35.6 Å². The third-order valence-electron chi connectivity index (χ3n) is 2.66. The van der Waals surface area contributed by atoms with Crippen molar-refractivity contribution in [2.24, 2.45) is 5.92 Å². The summed E-state index contributed by atoms with van der Waals surface area (Å²) in [5.74, 6) is -1.63. The molecule has 0 aliphatic rings. The Kier molecular flexibility index (Phi) is 5.53. The van der Waals surface area contributed by atoms with Crippen LogP contribution in [0.5, 0.6) is 0 Å². The number of hydrogen-bond acceptors (Lipinski definition) is 3. The van der Waals surface area contributed by atoms with E-state index in [-0.39, 0.29) is 6.54 Å². The lowest BCUT2D eigenvalue weighted by Crippen LogP contribution is -2.36. The number of amides is 2. The Labute approximate surface area is 125 Å². The molecule has 1 unspecified atom stereocenters. The van der Waals surface area contributed by atoms with Crippen LogP contribution in [0.25, 0.3) is 0 Å². The largest absolute Gasteiger partial charge is 0.481 e. The number of hydrogen-bond donors (Lipinski definition) is 2. The number of nitriles is 1. The highest BCUT2D eigenvalue weighted by Gasteiger charge is 2.18. The summed E-state index contributed by atoms with van der Waals surface area (Å²) in [6, 6.07) is 6.41. The lowest BCUT2D eigenvalue weighted by Gasteiger charge is -2.20. The van der Waals surface area contributed by atoms with Gasteiger partial charge in [0.2, 0.25) is 0 Å². The van der Waals surface area contributed by atoms with E-state index < -0.39 is 17.9 Å². The molecular formula is C13H14BrN3O3. The van der Waals surface area contributed by atoms with Crippen LogP contribution in [0.15, 0.2) is 22.7 Å². The van der Waals surface area contributed by atoms with Crippen LogP contribution < -0.4 is 5.32 Å². The molecule has 0 spiro atoms. The van der Waals surface area contributed by atoms with Crippen molar-refractivity contribution in [3.8, 4) is 6.07 Å². The molecule has 2 amide bonds. The van der Waals surface area contributed by atoms with Gasteiger partial charge in [-0.2, -0.15) is 5.26 Å². The molecule has 106 valence electrons. The number of carboxylic acids is 1. The summed E-state index contributed by atoms with van der Waals surface area (Å²) in [5, 5.41) is 20.4. The van der Waals surface area contributed by atoms with Gasteiger partial charge in [0.25, 0.3) is 0 Å². The van der Waals surface area contributed by atoms with Crippen molar-refractivity contribution in [3.63, 3.8) is 0 Å². The molecule has 6 nitrogen and oxygen atoms in total. The van der Waals surface area contributed by atoms with Crippen molar-refractivity contribution in [1.82, 2.24) is 4.90 Å². The number of urea groups is 1. The first-order chi connectivity index (χ1) is 9.35. The van der Waals surface area contributed by atoms with Crippen LogP contribution in [-0.2, 0) is 4.79 Å². The predicted octanol–water partition coefficient (Wildman–Crippen LogP) is 2.51. The summed E-state index contributed by atoms with van der Waals surface area (Å²) in [6.07, 6.45) is 0. The van der Waals surface area contributed by atoms with Crippen molar-refractivity contribution >= 4 is 33.6 Å². The highest BCUT2D eigenvalue weighted by Crippen LogP contribution is 2.21. The maximum absolute atomic E-state index is 11.9. The Morgan fingerprint density at radius 1 is 1.55 bits per heavy atom. The van der Waals surface area contributed by atoms with Crippen LogP contribution >= 0.6 is 15.9 Å². The number of carbonyl (C=O) groups is 2. The van der Waals surface area contributed by atoms with Crippen LogP contribution in [0.2, 0.25) is 0 Å². The molecule has 0 aromatic heterocycles. The van der Waals surface area contributed by atoms with Gasteiger partial charge in [0.05, 0.1) is 17.2 Å². The Hall–Kier alpha value is -2.07. The van der Waals surface area contributed by atoms with Crippen molar-refractivity contribution in [2.75, 3.05) is 18.9 Å². The number of rotatable bonds is 4. The van der Waals surface area contributed by atoms with Crippen LogP contribution in [0, 0.1) is 17.2 Å². The minimum absolute atomic E-state index is 0.0804. The minimum Gasteiger partial charge on any atom is -0.481 e. The lowest BCUT2D eigenvalue weighted by molar-refractivity contribution is -0.141. The van der Waals surface area contributed by atoms with Gasteiger partial charge in [-0.15, -0.1) is 0 Å². The van der Waals surface area contributed by atoms with E-state index in [1.807, 2.05) is 6.07 Å². The molecule has 0 radical (unpaired) electrons. The van der Waals surface area contributed by atoms with E-state index >= 15 is 0 Å². The average molecular weight is 340 g/mol. The number of nitrogens with zero attached hydrogens (tertiary/aromatic N) is 2. The van der Waals surface area contributed by atoms with Crippen molar-refractivity contribution in [3.05, 3.63) is 28.2 Å². The van der Waals surface area contributed by atoms with E-state index in [9.17, 15) is 9.59 Å². The molecule has 0 heterocycles.